The first-order chi connectivity index (χ1) is 16.7. The van der Waals surface area contributed by atoms with Crippen molar-refractivity contribution in [2.75, 3.05) is 33.1 Å². The number of benzene rings is 1. The number of nitrogens with two attached hydrogens (primary N) is 1. The van der Waals surface area contributed by atoms with Crippen LogP contribution in [0.4, 0.5) is 11.4 Å². The summed E-state index contributed by atoms with van der Waals surface area (Å²) in [5.74, 6) is -8.16. The molecule has 1 aromatic carbocycles. The van der Waals surface area contributed by atoms with E-state index in [4.69, 9.17) is 5.73 Å². The number of hydrogen-bond acceptors (Lipinski definition) is 11. The van der Waals surface area contributed by atoms with Crippen LogP contribution in [0.5, 0.6) is 5.75 Å². The monoisotopic (exact) mass is 538 g/mol. The predicted octanol–water partition coefficient (Wildman–Crippen LogP) is 0.360. The molecule has 0 unspecified atom stereocenters. The molecule has 4 atom stereocenters. The van der Waals surface area contributed by atoms with E-state index in [2.05, 4.69) is 0 Å². The Labute approximate surface area is 217 Å². The van der Waals surface area contributed by atoms with Crippen LogP contribution in [0.1, 0.15) is 17.5 Å². The van der Waals surface area contributed by atoms with Gasteiger partial charge in [-0.1, -0.05) is 0 Å². The first-order valence-electron chi connectivity index (χ1n) is 11.0. The van der Waals surface area contributed by atoms with Gasteiger partial charge in [0.15, 0.2) is 11.4 Å². The molecule has 0 spiro atoms. The summed E-state index contributed by atoms with van der Waals surface area (Å²) >= 11 is 0. The molecule has 1 saturated carbocycles. The third kappa shape index (κ3) is 3.64. The van der Waals surface area contributed by atoms with E-state index in [1.165, 1.54) is 19.0 Å². The summed E-state index contributed by atoms with van der Waals surface area (Å²) in [6.45, 7) is 0. The van der Waals surface area contributed by atoms with Crippen molar-refractivity contribution in [3.05, 3.63) is 44.2 Å². The number of aromatic hydroxyl groups is 1. The van der Waals surface area contributed by atoms with Gasteiger partial charge in [-0.15, -0.1) is 12.4 Å². The number of carbonyl (C=O) groups excluding carboxylic acids is 3. The van der Waals surface area contributed by atoms with Crippen LogP contribution < -0.4 is 10.6 Å². The van der Waals surface area contributed by atoms with Crippen molar-refractivity contribution >= 4 is 47.0 Å². The molecular formula is C23H27ClN4O9. The van der Waals surface area contributed by atoms with Crippen LogP contribution in [0.3, 0.4) is 0 Å². The lowest BCUT2D eigenvalue weighted by Gasteiger charge is -2.50. The highest BCUT2D eigenvalue weighted by atomic mass is 35.5. The lowest BCUT2D eigenvalue weighted by Crippen LogP contribution is -2.65. The number of likely N-dealkylation sites (N-methyl/N-ethyl adjacent to an activating group) is 1. The fraction of sp³-hybridized carbons (Fsp3) is 0.435. The summed E-state index contributed by atoms with van der Waals surface area (Å²) in [5.41, 5.74) is 0.875. The van der Waals surface area contributed by atoms with E-state index in [9.17, 15) is 44.9 Å². The van der Waals surface area contributed by atoms with Crippen molar-refractivity contribution < 1.29 is 39.7 Å². The van der Waals surface area contributed by atoms with E-state index < -0.39 is 74.4 Å². The molecule has 3 aliphatic carbocycles. The minimum Gasteiger partial charge on any atom is -0.508 e. The predicted molar refractivity (Wildman–Crippen MR) is 132 cm³/mol. The Morgan fingerprint density at radius 3 is 2.27 bits per heavy atom. The summed E-state index contributed by atoms with van der Waals surface area (Å²) in [6, 6.07) is -0.0329. The second kappa shape index (κ2) is 9.01. The normalized spacial score (nSPS) is 26.8. The number of nitrogens with zero attached hydrogens (tertiary/aromatic N) is 3. The molecule has 200 valence electrons. The highest BCUT2D eigenvalue weighted by Crippen LogP contribution is 2.54. The zero-order valence-electron chi connectivity index (χ0n) is 20.4. The molecule has 1 aromatic rings. The van der Waals surface area contributed by atoms with Crippen molar-refractivity contribution in [1.29, 1.82) is 0 Å². The molecule has 0 aliphatic heterocycles. The van der Waals surface area contributed by atoms with Crippen molar-refractivity contribution in [1.82, 2.24) is 4.90 Å². The zero-order chi connectivity index (χ0) is 27.0. The Hall–Kier alpha value is -3.68. The van der Waals surface area contributed by atoms with Gasteiger partial charge in [-0.3, -0.25) is 29.4 Å². The van der Waals surface area contributed by atoms with Gasteiger partial charge in [0, 0.05) is 37.3 Å². The summed E-state index contributed by atoms with van der Waals surface area (Å²) in [4.78, 5) is 52.5. The fourth-order valence-corrected chi connectivity index (χ4v) is 5.82. The van der Waals surface area contributed by atoms with Crippen LogP contribution in [-0.2, 0) is 20.8 Å². The molecule has 1 amide bonds. The number of rotatable bonds is 4. The summed E-state index contributed by atoms with van der Waals surface area (Å²) in [5, 5.41) is 55.8. The maximum Gasteiger partial charge on any atom is 0.313 e. The molecule has 37 heavy (non-hydrogen) atoms. The Morgan fingerprint density at radius 2 is 1.78 bits per heavy atom. The van der Waals surface area contributed by atoms with E-state index in [0.717, 1.165) is 6.07 Å². The Bertz CT molecular complexity index is 1320. The first kappa shape index (κ1) is 27.9. The molecule has 6 N–H and O–H groups in total. The molecule has 13 nitrogen and oxygen atoms in total. The van der Waals surface area contributed by atoms with Gasteiger partial charge in [0.1, 0.15) is 17.1 Å². The average Bonchev–Trinajstić information content (AvgIpc) is 2.75. The molecule has 3 aliphatic rings. The van der Waals surface area contributed by atoms with Crippen LogP contribution in [0.2, 0.25) is 0 Å². The maximum absolute atomic E-state index is 13.8. The number of hydrogen-bond donors (Lipinski definition) is 5. The van der Waals surface area contributed by atoms with Gasteiger partial charge >= 0.3 is 5.69 Å². The number of Topliss-reactive ketones (excluding diaryl/α,β-unsaturated/α-hetero) is 2. The number of nitro groups is 1. The molecule has 0 radical (unpaired) electrons. The fourth-order valence-electron chi connectivity index (χ4n) is 5.82. The summed E-state index contributed by atoms with van der Waals surface area (Å²) in [6.07, 6.45) is -0.0377. The standard InChI is InChI=1S/C23H26N4O9.ClH/c1-25(2)11-7-12(27(35)36)17(28)14-9(11)5-8-6-10-16(26(3)4)19(30)15(22(24)33)21(32)23(10,34)20(31)13(8)18(14)29;/h7-8,10,16,28-29,32,34H,5-6H2,1-4H3,(H2,24,33);1H/t8-,10-,16-,23-;/m0./s1. The van der Waals surface area contributed by atoms with Crippen LogP contribution in [0.15, 0.2) is 23.0 Å². The third-order valence-corrected chi connectivity index (χ3v) is 7.36. The van der Waals surface area contributed by atoms with Crippen molar-refractivity contribution in [3.63, 3.8) is 0 Å². The average molecular weight is 539 g/mol. The maximum atomic E-state index is 13.8. The number of aliphatic hydroxyl groups excluding tert-OH is 2. The van der Waals surface area contributed by atoms with Gasteiger partial charge in [0.05, 0.1) is 16.5 Å². The minimum atomic E-state index is -2.77. The molecule has 1 fully saturated rings. The van der Waals surface area contributed by atoms with Gasteiger partial charge in [0.25, 0.3) is 5.91 Å². The SMILES string of the molecule is CN(C)c1cc([N+](=O)[O-])c(O)c2c1C[C@H]1C[C@H]3[C@H](N(C)C)C(=O)C(C(N)=O)=C(O)[C@@]3(O)C(=O)C1=C2O.Cl. The number of carbonyl (C=O) groups is 3. The molecule has 14 heteroatoms. The molecule has 0 bridgehead atoms. The second-order valence-corrected chi connectivity index (χ2v) is 9.73. The lowest BCUT2D eigenvalue weighted by molar-refractivity contribution is -0.385. The number of primary amides is 1. The minimum absolute atomic E-state index is 0. The molecular weight excluding hydrogens is 512 g/mol. The van der Waals surface area contributed by atoms with Crippen LogP contribution >= 0.6 is 12.4 Å². The Kier molecular flexibility index (Phi) is 6.79. The van der Waals surface area contributed by atoms with Gasteiger partial charge < -0.3 is 31.1 Å². The van der Waals surface area contributed by atoms with Crippen molar-refractivity contribution in [2.45, 2.75) is 24.5 Å². The van der Waals surface area contributed by atoms with E-state index in [-0.39, 0.29) is 36.4 Å². The van der Waals surface area contributed by atoms with E-state index >= 15 is 0 Å². The smallest absolute Gasteiger partial charge is 0.313 e. The third-order valence-electron chi connectivity index (χ3n) is 7.36. The van der Waals surface area contributed by atoms with Crippen LogP contribution in [0.25, 0.3) is 5.76 Å². The van der Waals surface area contributed by atoms with Gasteiger partial charge in [-0.2, -0.15) is 0 Å². The molecule has 0 heterocycles. The first-order valence-corrected chi connectivity index (χ1v) is 11.0. The van der Waals surface area contributed by atoms with Crippen LogP contribution in [0, 0.1) is 22.0 Å². The number of phenolic OH excluding ortho intramolecular Hbond substituents is 1. The number of nitro benzene ring substituents is 1. The number of halogens is 1. The topological polar surface area (TPSA) is 208 Å². The Balaban J connectivity index is 0.00000380. The molecule has 0 aromatic heterocycles. The summed E-state index contributed by atoms with van der Waals surface area (Å²) in [7, 11) is 6.25. The van der Waals surface area contributed by atoms with Gasteiger partial charge in [-0.25, -0.2) is 0 Å². The molecule has 4 rings (SSSR count). The van der Waals surface area contributed by atoms with Crippen molar-refractivity contribution in [2.24, 2.45) is 17.6 Å². The second-order valence-electron chi connectivity index (χ2n) is 9.73. The number of ketones is 2. The molecule has 0 saturated heterocycles. The number of aliphatic hydroxyl groups is 3. The van der Waals surface area contributed by atoms with E-state index in [1.807, 2.05) is 0 Å². The van der Waals surface area contributed by atoms with Crippen molar-refractivity contribution in [3.8, 4) is 5.75 Å². The summed E-state index contributed by atoms with van der Waals surface area (Å²) < 4.78 is 0. The zero-order valence-corrected chi connectivity index (χ0v) is 21.2. The highest BCUT2D eigenvalue weighted by molar-refractivity contribution is 6.24. The number of fused-ring (bicyclic) bond motifs is 3. The van der Waals surface area contributed by atoms with Gasteiger partial charge in [0.2, 0.25) is 11.5 Å². The Morgan fingerprint density at radius 1 is 1.19 bits per heavy atom. The van der Waals surface area contributed by atoms with E-state index in [1.54, 1.807) is 19.0 Å². The quantitative estimate of drug-likeness (QED) is 0.201. The largest absolute Gasteiger partial charge is 0.508 e. The number of anilines is 1. The highest BCUT2D eigenvalue weighted by Gasteiger charge is 2.64. The van der Waals surface area contributed by atoms with Gasteiger partial charge in [-0.05, 0) is 38.4 Å². The van der Waals surface area contributed by atoms with E-state index in [0.29, 0.717) is 11.3 Å². The van der Waals surface area contributed by atoms with Crippen LogP contribution in [-0.4, -0.2) is 87.6 Å². The number of phenols is 1. The number of amides is 1. The lowest BCUT2D eigenvalue weighted by atomic mass is 9.57.